The second-order valence-corrected chi connectivity index (χ2v) is 4.79. The molecule has 1 saturated carbocycles. The van der Waals surface area contributed by atoms with Crippen LogP contribution in [0.1, 0.15) is 12.8 Å². The number of nitrogens with zero attached hydrogens (tertiary/aromatic N) is 2. The molecule has 2 aromatic rings. The Morgan fingerprint density at radius 2 is 1.85 bits per heavy atom. The molecule has 4 heteroatoms. The van der Waals surface area contributed by atoms with Gasteiger partial charge in [-0.1, -0.05) is 18.2 Å². The Morgan fingerprint density at radius 3 is 2.60 bits per heavy atom. The van der Waals surface area contributed by atoms with E-state index in [0.29, 0.717) is 6.54 Å². The number of aliphatic imine (C=N–C) groups is 1. The van der Waals surface area contributed by atoms with Crippen molar-refractivity contribution in [3.8, 4) is 0 Å². The number of para-hydroxylation sites is 2. The first-order valence-corrected chi connectivity index (χ1v) is 6.71. The Kier molecular flexibility index (Phi) is 3.54. The predicted molar refractivity (Wildman–Crippen MR) is 78.0 cm³/mol. The van der Waals surface area contributed by atoms with Gasteiger partial charge in [0.15, 0.2) is 12.4 Å². The average Bonchev–Trinajstić information content (AvgIpc) is 3.26. The van der Waals surface area contributed by atoms with Crippen molar-refractivity contribution in [3.63, 3.8) is 0 Å². The van der Waals surface area contributed by atoms with Crippen LogP contribution in [0.3, 0.4) is 0 Å². The minimum Gasteiger partial charge on any atom is -0.319 e. The minimum absolute atomic E-state index is 0.0513. The molecule has 20 heavy (non-hydrogen) atoms. The molecule has 0 radical (unpaired) electrons. The highest BCUT2D eigenvalue weighted by molar-refractivity contribution is 6.01. The highest BCUT2D eigenvalue weighted by Gasteiger charge is 2.15. The van der Waals surface area contributed by atoms with E-state index in [2.05, 4.69) is 10.3 Å². The van der Waals surface area contributed by atoms with Gasteiger partial charge in [-0.2, -0.15) is 4.57 Å². The lowest BCUT2D eigenvalue weighted by Gasteiger charge is -2.06. The zero-order chi connectivity index (χ0) is 13.8. The number of anilines is 1. The normalized spacial score (nSPS) is 12.9. The van der Waals surface area contributed by atoms with Gasteiger partial charge in [0.2, 0.25) is 6.54 Å². The summed E-state index contributed by atoms with van der Waals surface area (Å²) in [7, 11) is 0. The molecule has 0 aliphatic heterocycles. The van der Waals surface area contributed by atoms with Crippen LogP contribution in [0.4, 0.5) is 11.4 Å². The number of pyridine rings is 1. The summed E-state index contributed by atoms with van der Waals surface area (Å²) < 4.78 is 1.84. The maximum absolute atomic E-state index is 12.1. The van der Waals surface area contributed by atoms with E-state index in [9.17, 15) is 4.79 Å². The van der Waals surface area contributed by atoms with Crippen LogP contribution in [0.2, 0.25) is 0 Å². The molecule has 1 N–H and O–H groups in total. The average molecular weight is 266 g/mol. The van der Waals surface area contributed by atoms with Crippen molar-refractivity contribution in [1.82, 2.24) is 0 Å². The van der Waals surface area contributed by atoms with Gasteiger partial charge < -0.3 is 5.32 Å². The molecule has 1 aliphatic carbocycles. The maximum atomic E-state index is 12.1. The van der Waals surface area contributed by atoms with Crippen molar-refractivity contribution in [1.29, 1.82) is 0 Å². The van der Waals surface area contributed by atoms with Crippen molar-refractivity contribution < 1.29 is 9.36 Å². The van der Waals surface area contributed by atoms with Crippen LogP contribution < -0.4 is 9.88 Å². The van der Waals surface area contributed by atoms with Gasteiger partial charge in [-0.15, -0.1) is 0 Å². The highest BCUT2D eigenvalue weighted by Crippen LogP contribution is 2.28. The molecule has 1 aromatic carbocycles. The van der Waals surface area contributed by atoms with Gasteiger partial charge >= 0.3 is 0 Å². The molecule has 1 aliphatic rings. The van der Waals surface area contributed by atoms with Crippen molar-refractivity contribution >= 4 is 23.0 Å². The van der Waals surface area contributed by atoms with Crippen molar-refractivity contribution in [2.45, 2.75) is 19.4 Å². The number of rotatable bonds is 4. The maximum Gasteiger partial charge on any atom is 0.290 e. The number of carbonyl (C=O) groups is 1. The molecule has 3 rings (SSSR count). The largest absolute Gasteiger partial charge is 0.319 e. The molecule has 1 fully saturated rings. The number of hydrogen-bond donors (Lipinski definition) is 1. The van der Waals surface area contributed by atoms with E-state index in [1.165, 1.54) is 5.71 Å². The molecular weight excluding hydrogens is 250 g/mol. The smallest absolute Gasteiger partial charge is 0.290 e. The first-order valence-electron chi connectivity index (χ1n) is 6.71. The van der Waals surface area contributed by atoms with Gasteiger partial charge in [-0.3, -0.25) is 9.79 Å². The second-order valence-electron chi connectivity index (χ2n) is 4.79. The van der Waals surface area contributed by atoms with Crippen LogP contribution in [0, 0.1) is 0 Å². The molecule has 100 valence electrons. The second kappa shape index (κ2) is 5.65. The van der Waals surface area contributed by atoms with Crippen molar-refractivity contribution in [3.05, 3.63) is 54.9 Å². The Balaban J connectivity index is 1.71. The number of aromatic nitrogens is 1. The molecule has 1 amide bonds. The first-order chi connectivity index (χ1) is 9.81. The lowest BCUT2D eigenvalue weighted by atomic mass is 10.2. The van der Waals surface area contributed by atoms with Crippen LogP contribution in [0.15, 0.2) is 59.9 Å². The van der Waals surface area contributed by atoms with Gasteiger partial charge in [-0.25, -0.2) is 0 Å². The molecule has 0 bridgehead atoms. The molecule has 0 spiro atoms. The zero-order valence-electron chi connectivity index (χ0n) is 11.1. The number of amides is 1. The summed E-state index contributed by atoms with van der Waals surface area (Å²) in [6.07, 6.45) is 5.89. The van der Waals surface area contributed by atoms with Gasteiger partial charge in [0.1, 0.15) is 0 Å². The minimum atomic E-state index is -0.0513. The van der Waals surface area contributed by atoms with Crippen LogP contribution in [-0.2, 0) is 11.3 Å². The van der Waals surface area contributed by atoms with Crippen LogP contribution in [-0.4, -0.2) is 11.6 Å². The fourth-order valence-electron chi connectivity index (χ4n) is 1.91. The summed E-state index contributed by atoms with van der Waals surface area (Å²) in [5.74, 6) is -0.0513. The summed E-state index contributed by atoms with van der Waals surface area (Å²) in [5, 5.41) is 2.93. The molecule has 0 unspecified atom stereocenters. The Labute approximate surface area is 117 Å². The van der Waals surface area contributed by atoms with Gasteiger partial charge in [0.25, 0.3) is 5.91 Å². The van der Waals surface area contributed by atoms with Crippen molar-refractivity contribution in [2.24, 2.45) is 4.99 Å². The number of benzene rings is 1. The lowest BCUT2D eigenvalue weighted by Crippen LogP contribution is -2.39. The molecule has 1 aromatic heterocycles. The fraction of sp³-hybridized carbons (Fsp3) is 0.188. The predicted octanol–water partition coefficient (Wildman–Crippen LogP) is 2.48. The van der Waals surface area contributed by atoms with Gasteiger partial charge in [-0.05, 0) is 25.0 Å². The summed E-state index contributed by atoms with van der Waals surface area (Å²) in [6.45, 7) is 0.297. The van der Waals surface area contributed by atoms with E-state index in [0.717, 1.165) is 24.2 Å². The summed E-state index contributed by atoms with van der Waals surface area (Å²) in [6, 6.07) is 13.4. The van der Waals surface area contributed by atoms with E-state index in [4.69, 9.17) is 0 Å². The lowest BCUT2D eigenvalue weighted by molar-refractivity contribution is -0.684. The Hall–Kier alpha value is -2.49. The number of nitrogens with one attached hydrogen (secondary N) is 1. The number of hydrogen-bond acceptors (Lipinski definition) is 2. The quantitative estimate of drug-likeness (QED) is 0.849. The summed E-state index contributed by atoms with van der Waals surface area (Å²) >= 11 is 0. The molecule has 0 atom stereocenters. The van der Waals surface area contributed by atoms with E-state index in [1.807, 2.05) is 59.4 Å². The fourth-order valence-corrected chi connectivity index (χ4v) is 1.91. The third kappa shape index (κ3) is 3.29. The SMILES string of the molecule is O=C(C[n+]1ccccc1)Nc1ccccc1N=C1CC1. The van der Waals surface area contributed by atoms with E-state index in [-0.39, 0.29) is 5.91 Å². The van der Waals surface area contributed by atoms with Gasteiger partial charge in [0, 0.05) is 17.8 Å². The third-order valence-electron chi connectivity index (χ3n) is 3.03. The van der Waals surface area contributed by atoms with E-state index in [1.54, 1.807) is 0 Å². The highest BCUT2D eigenvalue weighted by atomic mass is 16.1. The molecule has 4 nitrogen and oxygen atoms in total. The molecule has 0 saturated heterocycles. The number of carbonyl (C=O) groups excluding carboxylic acids is 1. The van der Waals surface area contributed by atoms with Crippen molar-refractivity contribution in [2.75, 3.05) is 5.32 Å². The summed E-state index contributed by atoms with van der Waals surface area (Å²) in [5.41, 5.74) is 2.81. The first kappa shape index (κ1) is 12.5. The summed E-state index contributed by atoms with van der Waals surface area (Å²) in [4.78, 5) is 16.6. The van der Waals surface area contributed by atoms with Gasteiger partial charge in [0.05, 0.1) is 11.4 Å². The van der Waals surface area contributed by atoms with Crippen LogP contribution in [0.25, 0.3) is 0 Å². The monoisotopic (exact) mass is 266 g/mol. The zero-order valence-corrected chi connectivity index (χ0v) is 11.1. The van der Waals surface area contributed by atoms with E-state index >= 15 is 0 Å². The molecule has 1 heterocycles. The van der Waals surface area contributed by atoms with Crippen LogP contribution in [0.5, 0.6) is 0 Å². The Bertz CT molecular complexity index is 644. The van der Waals surface area contributed by atoms with E-state index < -0.39 is 0 Å². The Morgan fingerprint density at radius 1 is 1.10 bits per heavy atom. The standard InChI is InChI=1S/C16H15N3O/c20-16(12-19-10-4-1-5-11-19)18-15-7-3-2-6-14(15)17-13-8-9-13/h1-7,10-11H,8-9,12H2/p+1. The van der Waals surface area contributed by atoms with Crippen LogP contribution >= 0.6 is 0 Å². The third-order valence-corrected chi connectivity index (χ3v) is 3.03. The molecular formula is C16H16N3O+. The topological polar surface area (TPSA) is 45.3 Å².